The Morgan fingerprint density at radius 1 is 1.23 bits per heavy atom. The summed E-state index contributed by atoms with van der Waals surface area (Å²) >= 11 is -2.61. The van der Waals surface area contributed by atoms with Gasteiger partial charge in [-0.25, -0.2) is 17.7 Å². The van der Waals surface area contributed by atoms with Gasteiger partial charge in [0, 0.05) is 23.2 Å². The Bertz CT molecular complexity index is 1330. The third kappa shape index (κ3) is 4.36. The summed E-state index contributed by atoms with van der Waals surface area (Å²) in [6.07, 6.45) is 6.27. The maximum atomic E-state index is 14.2. The van der Waals surface area contributed by atoms with Gasteiger partial charge < -0.3 is 13.9 Å². The van der Waals surface area contributed by atoms with E-state index in [4.69, 9.17) is 13.9 Å². The molecule has 3 aromatic rings. The average Bonchev–Trinajstić information content (AvgIpc) is 3.30. The zero-order valence-corrected chi connectivity index (χ0v) is 19.7. The third-order valence-electron chi connectivity index (χ3n) is 6.10. The highest BCUT2D eigenvalue weighted by Crippen LogP contribution is 2.46. The molecule has 0 radical (unpaired) electrons. The molecule has 8 nitrogen and oxygen atoms in total. The van der Waals surface area contributed by atoms with Crippen LogP contribution in [-0.2, 0) is 22.6 Å². The molecule has 3 heterocycles. The number of carbonyl (C=O) groups is 1. The van der Waals surface area contributed by atoms with Crippen LogP contribution in [0.1, 0.15) is 28.1 Å². The number of carbonyl (C=O) groups excluding carboxylic acids is 1. The summed E-state index contributed by atoms with van der Waals surface area (Å²) < 4.78 is 54.5. The second-order valence-electron chi connectivity index (χ2n) is 8.16. The monoisotopic (exact) mass is 498 g/mol. The molecular formula is C25H23FN2O6S. The molecule has 1 fully saturated rings. The van der Waals surface area contributed by atoms with Gasteiger partial charge in [-0.15, -0.1) is 0 Å². The number of hydrogen-bond donors (Lipinski definition) is 1. The van der Waals surface area contributed by atoms with Crippen LogP contribution in [0, 0.1) is 5.82 Å². The van der Waals surface area contributed by atoms with Crippen LogP contribution in [0.25, 0.3) is 17.2 Å². The average molecular weight is 499 g/mol. The van der Waals surface area contributed by atoms with Crippen molar-refractivity contribution < 1.29 is 31.8 Å². The Morgan fingerprint density at radius 2 is 2.03 bits per heavy atom. The second-order valence-corrected chi connectivity index (χ2v) is 8.99. The summed E-state index contributed by atoms with van der Waals surface area (Å²) in [5, 5.41) is 0. The molecule has 2 aliphatic heterocycles. The minimum atomic E-state index is -2.61. The van der Waals surface area contributed by atoms with Crippen molar-refractivity contribution in [3.05, 3.63) is 71.4 Å². The molecule has 1 atom stereocenters. The lowest BCUT2D eigenvalue weighted by molar-refractivity contribution is 0.0596. The maximum absolute atomic E-state index is 14.2. The van der Waals surface area contributed by atoms with Crippen LogP contribution in [0.15, 0.2) is 53.2 Å². The van der Waals surface area contributed by atoms with Crippen LogP contribution in [0.5, 0.6) is 5.75 Å². The minimum Gasteiger partial charge on any atom is -0.484 e. The van der Waals surface area contributed by atoms with Gasteiger partial charge in [-0.1, -0.05) is 12.2 Å². The van der Waals surface area contributed by atoms with Crippen molar-refractivity contribution in [3.63, 3.8) is 0 Å². The number of fused-ring (bicyclic) bond motifs is 3. The van der Waals surface area contributed by atoms with Crippen molar-refractivity contribution in [2.75, 3.05) is 31.0 Å². The summed E-state index contributed by atoms with van der Waals surface area (Å²) in [4.78, 5) is 15.1. The summed E-state index contributed by atoms with van der Waals surface area (Å²) in [6, 6.07) is 8.89. The van der Waals surface area contributed by atoms with E-state index in [1.807, 2.05) is 6.08 Å². The van der Waals surface area contributed by atoms with E-state index in [1.165, 1.54) is 31.6 Å². The largest absolute Gasteiger partial charge is 0.484 e. The molecule has 2 aromatic carbocycles. The number of hydrogen-bond acceptors (Lipinski definition) is 6. The van der Waals surface area contributed by atoms with Crippen molar-refractivity contribution in [2.24, 2.45) is 0 Å². The first-order valence-electron chi connectivity index (χ1n) is 11.0. The fourth-order valence-electron chi connectivity index (χ4n) is 4.27. The van der Waals surface area contributed by atoms with Gasteiger partial charge in [0.15, 0.2) is 0 Å². The Hall–Kier alpha value is -3.47. The van der Waals surface area contributed by atoms with Crippen LogP contribution in [0.4, 0.5) is 15.8 Å². The molecule has 2 aliphatic rings. The van der Waals surface area contributed by atoms with Gasteiger partial charge in [-0.2, -0.15) is 0 Å². The van der Waals surface area contributed by atoms with Crippen molar-refractivity contribution in [1.29, 1.82) is 0 Å². The Morgan fingerprint density at radius 3 is 2.74 bits per heavy atom. The van der Waals surface area contributed by atoms with Crippen LogP contribution < -0.4 is 9.04 Å². The number of ether oxygens (including phenoxy) is 2. The smallest absolute Gasteiger partial charge is 0.343 e. The quantitative estimate of drug-likeness (QED) is 0.371. The van der Waals surface area contributed by atoms with E-state index >= 15 is 0 Å². The molecule has 1 saturated heterocycles. The van der Waals surface area contributed by atoms with Gasteiger partial charge in [0.25, 0.3) is 11.3 Å². The van der Waals surface area contributed by atoms with E-state index in [2.05, 4.69) is 4.90 Å². The Balaban J connectivity index is 1.64. The highest BCUT2D eigenvalue weighted by molar-refractivity contribution is 7.81. The second kappa shape index (κ2) is 9.65. The van der Waals surface area contributed by atoms with Gasteiger partial charge in [-0.05, 0) is 55.9 Å². The van der Waals surface area contributed by atoms with Crippen LogP contribution >= 0.6 is 0 Å². The maximum Gasteiger partial charge on any atom is 0.343 e. The van der Waals surface area contributed by atoms with Crippen LogP contribution in [-0.4, -0.2) is 46.4 Å². The lowest BCUT2D eigenvalue weighted by atomic mass is 9.98. The zero-order chi connectivity index (χ0) is 24.5. The number of halogens is 1. The van der Waals surface area contributed by atoms with Gasteiger partial charge >= 0.3 is 5.97 Å². The lowest BCUT2D eigenvalue weighted by Crippen LogP contribution is -2.36. The summed E-state index contributed by atoms with van der Waals surface area (Å²) in [5.74, 6) is -0.404. The van der Waals surface area contributed by atoms with E-state index < -0.39 is 23.1 Å². The molecule has 182 valence electrons. The molecule has 0 bridgehead atoms. The normalized spacial score (nSPS) is 15.6. The number of furan rings is 1. The standard InChI is InChI=1S/C25H23FN2O6S/c1-32-25(29)23-21(8-6-19-18-9-13-33-22(18)15-34-24(19)23)28(35(30)31)20-7-5-17(26)14-16(20)4-2-10-27-11-3-12-27/h2,4-9,13-14H,3,10-12,15H2,1H3,(H,30,31). The topological polar surface area (TPSA) is 92.5 Å². The third-order valence-corrected chi connectivity index (χ3v) is 6.81. The molecular weight excluding hydrogens is 475 g/mol. The lowest BCUT2D eigenvalue weighted by Gasteiger charge is -2.29. The number of nitrogens with zero attached hydrogens (tertiary/aromatic N) is 2. The minimum absolute atomic E-state index is 0.0147. The predicted octanol–water partition coefficient (Wildman–Crippen LogP) is 4.76. The molecule has 0 saturated carbocycles. The number of rotatable bonds is 7. The van der Waals surface area contributed by atoms with Gasteiger partial charge in [0.1, 0.15) is 29.5 Å². The van der Waals surface area contributed by atoms with Crippen molar-refractivity contribution >= 4 is 34.7 Å². The van der Waals surface area contributed by atoms with Crippen molar-refractivity contribution in [2.45, 2.75) is 13.0 Å². The first-order chi connectivity index (χ1) is 17.0. The highest BCUT2D eigenvalue weighted by Gasteiger charge is 2.32. The van der Waals surface area contributed by atoms with E-state index in [-0.39, 0.29) is 29.3 Å². The van der Waals surface area contributed by atoms with E-state index in [1.54, 1.807) is 24.3 Å². The summed E-state index contributed by atoms with van der Waals surface area (Å²) in [7, 11) is 1.22. The molecule has 5 rings (SSSR count). The molecule has 1 aromatic heterocycles. The molecule has 1 unspecified atom stereocenters. The van der Waals surface area contributed by atoms with Crippen molar-refractivity contribution in [1.82, 2.24) is 4.90 Å². The van der Waals surface area contributed by atoms with E-state index in [0.717, 1.165) is 29.4 Å². The predicted molar refractivity (Wildman–Crippen MR) is 129 cm³/mol. The summed E-state index contributed by atoms with van der Waals surface area (Å²) in [6.45, 7) is 2.78. The number of methoxy groups -OCH3 is 1. The number of likely N-dealkylation sites (tertiary alicyclic amines) is 1. The molecule has 35 heavy (non-hydrogen) atoms. The van der Waals surface area contributed by atoms with Gasteiger partial charge in [0.05, 0.1) is 24.7 Å². The van der Waals surface area contributed by atoms with Crippen LogP contribution in [0.3, 0.4) is 0 Å². The molecule has 0 spiro atoms. The number of benzene rings is 2. The molecule has 10 heteroatoms. The number of anilines is 2. The van der Waals surface area contributed by atoms with Gasteiger partial charge in [-0.3, -0.25) is 9.45 Å². The van der Waals surface area contributed by atoms with E-state index in [9.17, 15) is 17.9 Å². The Labute approximate surface area is 204 Å². The Kier molecular flexibility index (Phi) is 6.42. The van der Waals surface area contributed by atoms with Gasteiger partial charge in [0.2, 0.25) is 0 Å². The SMILES string of the molecule is COC(=O)c1c(N(c2ccc(F)cc2C=CCN2CCC2)S(=O)O)ccc2c1OCc1occc1-2. The zero-order valence-electron chi connectivity index (χ0n) is 18.9. The fourth-order valence-corrected chi connectivity index (χ4v) is 4.92. The first kappa shape index (κ1) is 23.3. The number of esters is 1. The van der Waals surface area contributed by atoms with Crippen LogP contribution in [0.2, 0.25) is 0 Å². The highest BCUT2D eigenvalue weighted by atomic mass is 32.2. The first-order valence-corrected chi connectivity index (χ1v) is 12.1. The fraction of sp³-hybridized carbons (Fsp3) is 0.240. The van der Waals surface area contributed by atoms with Crippen molar-refractivity contribution in [3.8, 4) is 16.9 Å². The molecule has 0 aliphatic carbocycles. The molecule has 1 N–H and O–H groups in total. The van der Waals surface area contributed by atoms with E-state index in [0.29, 0.717) is 23.4 Å². The molecule has 0 amide bonds. The summed E-state index contributed by atoms with van der Waals surface area (Å²) in [5.41, 5.74) is 2.07.